The highest BCUT2D eigenvalue weighted by molar-refractivity contribution is 9.10. The molecule has 0 heterocycles. The lowest BCUT2D eigenvalue weighted by molar-refractivity contribution is -0.130. The van der Waals surface area contributed by atoms with E-state index in [0.717, 1.165) is 31.5 Å². The van der Waals surface area contributed by atoms with Gasteiger partial charge in [-0.3, -0.25) is 4.79 Å². The van der Waals surface area contributed by atoms with Gasteiger partial charge in [0.1, 0.15) is 0 Å². The quantitative estimate of drug-likeness (QED) is 0.827. The summed E-state index contributed by atoms with van der Waals surface area (Å²) in [6, 6.07) is 4.88. The molecule has 0 fully saturated rings. The van der Waals surface area contributed by atoms with E-state index in [1.54, 1.807) is 12.1 Å². The zero-order chi connectivity index (χ0) is 15.1. The third kappa shape index (κ3) is 4.96. The summed E-state index contributed by atoms with van der Waals surface area (Å²) in [5.41, 5.74) is 0.915. The molecule has 0 aromatic heterocycles. The fourth-order valence-corrected chi connectivity index (χ4v) is 2.60. The predicted octanol–water partition coefficient (Wildman–Crippen LogP) is 3.34. The van der Waals surface area contributed by atoms with Gasteiger partial charge >= 0.3 is 5.97 Å². The number of rotatable bonds is 7. The number of hydrogen-bond acceptors (Lipinski definition) is 2. The summed E-state index contributed by atoms with van der Waals surface area (Å²) in [6.45, 7) is 5.56. The van der Waals surface area contributed by atoms with Crippen LogP contribution in [0.3, 0.4) is 0 Å². The number of benzene rings is 1. The lowest BCUT2D eigenvalue weighted by atomic mass is 10.1. The van der Waals surface area contributed by atoms with Crippen LogP contribution in [0.4, 0.5) is 0 Å². The lowest BCUT2D eigenvalue weighted by Gasteiger charge is -2.21. The Morgan fingerprint density at radius 1 is 1.15 bits per heavy atom. The van der Waals surface area contributed by atoms with Gasteiger partial charge in [0.15, 0.2) is 0 Å². The standard InChI is InChI=1S/C15H20BrNO3/c1-3-5-17(6-4-2)14(18)9-11-7-12(15(19)20)10-13(16)8-11/h7-8,10H,3-6,9H2,1-2H3,(H,19,20). The van der Waals surface area contributed by atoms with Crippen molar-refractivity contribution in [3.63, 3.8) is 0 Å². The van der Waals surface area contributed by atoms with E-state index in [-0.39, 0.29) is 17.9 Å². The number of halogens is 1. The van der Waals surface area contributed by atoms with Crippen molar-refractivity contribution in [1.82, 2.24) is 4.90 Å². The Balaban J connectivity index is 2.85. The van der Waals surface area contributed by atoms with Gasteiger partial charge in [-0.15, -0.1) is 0 Å². The summed E-state index contributed by atoms with van der Waals surface area (Å²) in [6.07, 6.45) is 2.08. The normalized spacial score (nSPS) is 10.3. The molecule has 1 amide bonds. The van der Waals surface area contributed by atoms with Gasteiger partial charge in [-0.2, -0.15) is 0 Å². The molecule has 0 aliphatic heterocycles. The number of amides is 1. The van der Waals surface area contributed by atoms with Crippen molar-refractivity contribution in [3.8, 4) is 0 Å². The van der Waals surface area contributed by atoms with Crippen LogP contribution in [0.15, 0.2) is 22.7 Å². The van der Waals surface area contributed by atoms with Crippen molar-refractivity contribution in [2.45, 2.75) is 33.1 Å². The van der Waals surface area contributed by atoms with Gasteiger partial charge < -0.3 is 10.0 Å². The van der Waals surface area contributed by atoms with Gasteiger partial charge in [-0.05, 0) is 36.6 Å². The third-order valence-electron chi connectivity index (χ3n) is 2.90. The number of aromatic carboxylic acids is 1. The second-order valence-electron chi connectivity index (χ2n) is 4.71. The summed E-state index contributed by atoms with van der Waals surface area (Å²) >= 11 is 3.28. The number of hydrogen-bond donors (Lipinski definition) is 1. The zero-order valence-corrected chi connectivity index (χ0v) is 13.4. The van der Waals surface area contributed by atoms with Gasteiger partial charge in [0.05, 0.1) is 12.0 Å². The smallest absolute Gasteiger partial charge is 0.335 e. The largest absolute Gasteiger partial charge is 0.478 e. The molecule has 0 saturated carbocycles. The van der Waals surface area contributed by atoms with E-state index >= 15 is 0 Å². The fraction of sp³-hybridized carbons (Fsp3) is 0.467. The van der Waals surface area contributed by atoms with Crippen LogP contribution in [0.2, 0.25) is 0 Å². The highest BCUT2D eigenvalue weighted by Gasteiger charge is 2.14. The van der Waals surface area contributed by atoms with Gasteiger partial charge in [-0.1, -0.05) is 29.8 Å². The van der Waals surface area contributed by atoms with Crippen LogP contribution in [-0.2, 0) is 11.2 Å². The number of carbonyl (C=O) groups is 2. The van der Waals surface area contributed by atoms with Crippen LogP contribution >= 0.6 is 15.9 Å². The average Bonchev–Trinajstić information content (AvgIpc) is 2.37. The first-order chi connectivity index (χ1) is 9.47. The summed E-state index contributed by atoms with van der Waals surface area (Å²) < 4.78 is 0.678. The molecule has 20 heavy (non-hydrogen) atoms. The number of nitrogens with zero attached hydrogens (tertiary/aromatic N) is 1. The molecule has 0 radical (unpaired) electrons. The summed E-state index contributed by atoms with van der Waals surface area (Å²) in [5.74, 6) is -0.942. The molecule has 1 aromatic rings. The minimum atomic E-state index is -0.987. The molecule has 0 aliphatic carbocycles. The molecule has 1 rings (SSSR count). The Morgan fingerprint density at radius 2 is 1.75 bits per heavy atom. The van der Waals surface area contributed by atoms with Gasteiger partial charge in [-0.25, -0.2) is 4.79 Å². The monoisotopic (exact) mass is 341 g/mol. The molecule has 0 atom stereocenters. The SMILES string of the molecule is CCCN(CCC)C(=O)Cc1cc(Br)cc(C(=O)O)c1. The molecule has 0 aliphatic rings. The van der Waals surface area contributed by atoms with Crippen molar-refractivity contribution < 1.29 is 14.7 Å². The first kappa shape index (κ1) is 16.7. The average molecular weight is 342 g/mol. The fourth-order valence-electron chi connectivity index (χ4n) is 2.06. The van der Waals surface area contributed by atoms with Crippen LogP contribution in [0.5, 0.6) is 0 Å². The second-order valence-corrected chi connectivity index (χ2v) is 5.63. The molecular formula is C15H20BrNO3. The molecule has 0 bridgehead atoms. The molecule has 1 N–H and O–H groups in total. The van der Waals surface area contributed by atoms with Crippen LogP contribution < -0.4 is 0 Å². The summed E-state index contributed by atoms with van der Waals surface area (Å²) in [7, 11) is 0. The van der Waals surface area contributed by atoms with Crippen molar-refractivity contribution in [2.75, 3.05) is 13.1 Å². The minimum Gasteiger partial charge on any atom is -0.478 e. The van der Waals surface area contributed by atoms with Crippen LogP contribution in [0, 0.1) is 0 Å². The van der Waals surface area contributed by atoms with Gasteiger partial charge in [0.2, 0.25) is 5.91 Å². The first-order valence-corrected chi connectivity index (χ1v) is 7.57. The summed E-state index contributed by atoms with van der Waals surface area (Å²) in [5, 5.41) is 9.03. The van der Waals surface area contributed by atoms with E-state index in [1.165, 1.54) is 6.07 Å². The van der Waals surface area contributed by atoms with Gasteiger partial charge in [0.25, 0.3) is 0 Å². The third-order valence-corrected chi connectivity index (χ3v) is 3.36. The van der Waals surface area contributed by atoms with E-state index < -0.39 is 5.97 Å². The number of carboxylic acid groups (broad SMARTS) is 1. The van der Waals surface area contributed by atoms with Crippen molar-refractivity contribution in [1.29, 1.82) is 0 Å². The first-order valence-electron chi connectivity index (χ1n) is 6.78. The molecular weight excluding hydrogens is 322 g/mol. The van der Waals surface area contributed by atoms with E-state index in [4.69, 9.17) is 5.11 Å². The van der Waals surface area contributed by atoms with E-state index in [0.29, 0.717) is 4.47 Å². The molecule has 0 saturated heterocycles. The molecule has 0 unspecified atom stereocenters. The van der Waals surface area contributed by atoms with Crippen LogP contribution in [-0.4, -0.2) is 35.0 Å². The molecule has 0 spiro atoms. The molecule has 110 valence electrons. The second kappa shape index (κ2) is 8.04. The lowest BCUT2D eigenvalue weighted by Crippen LogP contribution is -2.33. The van der Waals surface area contributed by atoms with Crippen molar-refractivity contribution in [3.05, 3.63) is 33.8 Å². The maximum Gasteiger partial charge on any atom is 0.335 e. The topological polar surface area (TPSA) is 57.6 Å². The maximum atomic E-state index is 12.2. The van der Waals surface area contributed by atoms with E-state index in [9.17, 15) is 9.59 Å². The highest BCUT2D eigenvalue weighted by Crippen LogP contribution is 2.17. The maximum absolute atomic E-state index is 12.2. The predicted molar refractivity (Wildman–Crippen MR) is 82.0 cm³/mol. The van der Waals surface area contributed by atoms with E-state index in [2.05, 4.69) is 15.9 Å². The Labute approximate surface area is 127 Å². The summed E-state index contributed by atoms with van der Waals surface area (Å²) in [4.78, 5) is 25.1. The van der Waals surface area contributed by atoms with Crippen LogP contribution in [0.1, 0.15) is 42.6 Å². The zero-order valence-electron chi connectivity index (χ0n) is 11.9. The van der Waals surface area contributed by atoms with Crippen molar-refractivity contribution >= 4 is 27.8 Å². The molecule has 5 heteroatoms. The number of carboxylic acids is 1. The van der Waals surface area contributed by atoms with Gasteiger partial charge in [0, 0.05) is 17.6 Å². The minimum absolute atomic E-state index is 0.0446. The highest BCUT2D eigenvalue weighted by atomic mass is 79.9. The Kier molecular flexibility index (Phi) is 6.71. The Morgan fingerprint density at radius 3 is 2.25 bits per heavy atom. The molecule has 1 aromatic carbocycles. The Hall–Kier alpha value is -1.36. The number of carbonyl (C=O) groups excluding carboxylic acids is 1. The molecule has 4 nitrogen and oxygen atoms in total. The van der Waals surface area contributed by atoms with E-state index in [1.807, 2.05) is 18.7 Å². The van der Waals surface area contributed by atoms with Crippen molar-refractivity contribution in [2.24, 2.45) is 0 Å². The van der Waals surface area contributed by atoms with Crippen LogP contribution in [0.25, 0.3) is 0 Å². The Bertz CT molecular complexity index is 482.